The monoisotopic (exact) mass is 251 g/mol. The topological polar surface area (TPSA) is 60.9 Å². The molecule has 2 rings (SSSR count). The Bertz CT molecular complexity index is 524. The average molecular weight is 251 g/mol. The molecule has 0 saturated carbocycles. The molecule has 0 amide bonds. The van der Waals surface area contributed by atoms with Crippen LogP contribution in [0.2, 0.25) is 0 Å². The lowest BCUT2D eigenvalue weighted by Crippen LogP contribution is -2.25. The molecular formula is C13H18FN3O. The molecule has 0 aliphatic rings. The lowest BCUT2D eigenvalue weighted by atomic mass is 10.0. The molecule has 1 heterocycles. The van der Waals surface area contributed by atoms with E-state index in [9.17, 15) is 9.50 Å². The number of halogens is 1. The van der Waals surface area contributed by atoms with E-state index in [1.54, 1.807) is 6.20 Å². The minimum absolute atomic E-state index is 0.371. The van der Waals surface area contributed by atoms with Crippen molar-refractivity contribution in [2.24, 2.45) is 5.92 Å². The Morgan fingerprint density at radius 2 is 2.17 bits per heavy atom. The van der Waals surface area contributed by atoms with Crippen molar-refractivity contribution in [2.75, 3.05) is 13.1 Å². The molecule has 0 aliphatic carbocycles. The number of benzene rings is 1. The highest BCUT2D eigenvalue weighted by Gasteiger charge is 2.14. The number of aromatic amines is 1. The average Bonchev–Trinajstić information content (AvgIpc) is 2.74. The molecule has 1 atom stereocenters. The number of H-pyrrole nitrogens is 1. The van der Waals surface area contributed by atoms with E-state index in [0.717, 1.165) is 11.9 Å². The molecule has 0 saturated heterocycles. The van der Waals surface area contributed by atoms with Gasteiger partial charge in [0.1, 0.15) is 5.82 Å². The fraction of sp³-hybridized carbons (Fsp3) is 0.462. The summed E-state index contributed by atoms with van der Waals surface area (Å²) in [6, 6.07) is 2.74. The second kappa shape index (κ2) is 5.46. The SMILES string of the molecule is CC(C)CNC[C@H](O)c1cc(F)cc2[nH]ncc12. The van der Waals surface area contributed by atoms with E-state index in [1.165, 1.54) is 12.1 Å². The van der Waals surface area contributed by atoms with E-state index in [4.69, 9.17) is 0 Å². The highest BCUT2D eigenvalue weighted by Crippen LogP contribution is 2.24. The Balaban J connectivity index is 2.16. The summed E-state index contributed by atoms with van der Waals surface area (Å²) in [5.74, 6) is 0.142. The fourth-order valence-corrected chi connectivity index (χ4v) is 1.94. The van der Waals surface area contributed by atoms with Crippen LogP contribution in [-0.4, -0.2) is 28.4 Å². The Morgan fingerprint density at radius 1 is 1.39 bits per heavy atom. The Labute approximate surface area is 105 Å². The number of rotatable bonds is 5. The maximum absolute atomic E-state index is 13.4. The number of nitrogens with one attached hydrogen (secondary N) is 2. The van der Waals surface area contributed by atoms with E-state index in [-0.39, 0.29) is 5.82 Å². The van der Waals surface area contributed by atoms with Gasteiger partial charge in [0.25, 0.3) is 0 Å². The van der Waals surface area contributed by atoms with E-state index >= 15 is 0 Å². The van der Waals surface area contributed by atoms with Crippen LogP contribution in [0, 0.1) is 11.7 Å². The first-order valence-corrected chi connectivity index (χ1v) is 6.09. The minimum Gasteiger partial charge on any atom is -0.387 e. The molecule has 3 N–H and O–H groups in total. The van der Waals surface area contributed by atoms with Crippen molar-refractivity contribution in [1.82, 2.24) is 15.5 Å². The molecule has 0 unspecified atom stereocenters. The Kier molecular flexibility index (Phi) is 3.93. The van der Waals surface area contributed by atoms with Gasteiger partial charge in [-0.25, -0.2) is 4.39 Å². The maximum Gasteiger partial charge on any atom is 0.125 e. The number of aliphatic hydroxyl groups excluding tert-OH is 1. The summed E-state index contributed by atoms with van der Waals surface area (Å²) in [4.78, 5) is 0. The van der Waals surface area contributed by atoms with Crippen molar-refractivity contribution >= 4 is 10.9 Å². The fourth-order valence-electron chi connectivity index (χ4n) is 1.94. The Morgan fingerprint density at radius 3 is 2.89 bits per heavy atom. The van der Waals surface area contributed by atoms with E-state index in [1.807, 2.05) is 0 Å². The van der Waals surface area contributed by atoms with Crippen molar-refractivity contribution in [3.63, 3.8) is 0 Å². The summed E-state index contributed by atoms with van der Waals surface area (Å²) >= 11 is 0. The van der Waals surface area contributed by atoms with Gasteiger partial charge in [-0.2, -0.15) is 5.10 Å². The summed E-state index contributed by atoms with van der Waals surface area (Å²) in [6.07, 6.45) is 0.870. The Hall–Kier alpha value is -1.46. The zero-order valence-corrected chi connectivity index (χ0v) is 10.6. The highest BCUT2D eigenvalue weighted by molar-refractivity contribution is 5.82. The van der Waals surface area contributed by atoms with Crippen LogP contribution in [0.25, 0.3) is 10.9 Å². The summed E-state index contributed by atoms with van der Waals surface area (Å²) < 4.78 is 13.4. The van der Waals surface area contributed by atoms with Crippen molar-refractivity contribution < 1.29 is 9.50 Å². The number of fused-ring (bicyclic) bond motifs is 1. The summed E-state index contributed by atoms with van der Waals surface area (Å²) in [6.45, 7) is 5.41. The van der Waals surface area contributed by atoms with Crippen LogP contribution in [0.1, 0.15) is 25.5 Å². The number of hydrogen-bond acceptors (Lipinski definition) is 3. The minimum atomic E-state index is -0.737. The summed E-state index contributed by atoms with van der Waals surface area (Å²) in [5, 5.41) is 20.6. The molecule has 98 valence electrons. The number of nitrogens with zero attached hydrogens (tertiary/aromatic N) is 1. The normalized spacial score (nSPS) is 13.4. The van der Waals surface area contributed by atoms with Crippen LogP contribution in [0.15, 0.2) is 18.3 Å². The third-order valence-electron chi connectivity index (χ3n) is 2.80. The first-order chi connectivity index (χ1) is 8.58. The molecule has 5 heteroatoms. The van der Waals surface area contributed by atoms with E-state index in [2.05, 4.69) is 29.4 Å². The number of aliphatic hydroxyl groups is 1. The molecule has 0 aliphatic heterocycles. The van der Waals surface area contributed by atoms with Gasteiger partial charge in [-0.15, -0.1) is 0 Å². The van der Waals surface area contributed by atoms with E-state index in [0.29, 0.717) is 23.5 Å². The third-order valence-corrected chi connectivity index (χ3v) is 2.80. The maximum atomic E-state index is 13.4. The van der Waals surface area contributed by atoms with Crippen LogP contribution in [0.5, 0.6) is 0 Å². The van der Waals surface area contributed by atoms with Crippen LogP contribution in [0.3, 0.4) is 0 Å². The smallest absolute Gasteiger partial charge is 0.125 e. The molecule has 1 aromatic heterocycles. The summed E-state index contributed by atoms with van der Waals surface area (Å²) in [5.41, 5.74) is 1.17. The van der Waals surface area contributed by atoms with Gasteiger partial charge in [0.15, 0.2) is 0 Å². The van der Waals surface area contributed by atoms with Gasteiger partial charge in [0, 0.05) is 11.9 Å². The van der Waals surface area contributed by atoms with Gasteiger partial charge in [-0.3, -0.25) is 5.10 Å². The van der Waals surface area contributed by atoms with Gasteiger partial charge in [-0.05, 0) is 30.2 Å². The van der Waals surface area contributed by atoms with Crippen molar-refractivity contribution in [2.45, 2.75) is 20.0 Å². The number of aromatic nitrogens is 2. The molecule has 18 heavy (non-hydrogen) atoms. The molecule has 0 radical (unpaired) electrons. The van der Waals surface area contributed by atoms with E-state index < -0.39 is 6.10 Å². The standard InChI is InChI=1S/C13H18FN3O/c1-8(2)5-15-7-13(18)10-3-9(14)4-12-11(10)6-16-17-12/h3-4,6,8,13,15,18H,5,7H2,1-2H3,(H,16,17)/t13-/m0/s1. The number of hydrogen-bond donors (Lipinski definition) is 3. The molecule has 2 aromatic rings. The first-order valence-electron chi connectivity index (χ1n) is 6.09. The zero-order chi connectivity index (χ0) is 13.1. The molecule has 4 nitrogen and oxygen atoms in total. The lowest BCUT2D eigenvalue weighted by molar-refractivity contribution is 0.174. The zero-order valence-electron chi connectivity index (χ0n) is 10.6. The second-order valence-electron chi connectivity index (χ2n) is 4.89. The first kappa shape index (κ1) is 13.0. The second-order valence-corrected chi connectivity index (χ2v) is 4.89. The van der Waals surface area contributed by atoms with Crippen molar-refractivity contribution in [3.8, 4) is 0 Å². The molecule has 0 bridgehead atoms. The van der Waals surface area contributed by atoms with Gasteiger partial charge in [-0.1, -0.05) is 13.8 Å². The quantitative estimate of drug-likeness (QED) is 0.761. The molecule has 0 spiro atoms. The van der Waals surface area contributed by atoms with Crippen LogP contribution in [-0.2, 0) is 0 Å². The van der Waals surface area contributed by atoms with Gasteiger partial charge in [0.05, 0.1) is 17.8 Å². The lowest BCUT2D eigenvalue weighted by Gasteiger charge is -2.14. The van der Waals surface area contributed by atoms with Gasteiger partial charge >= 0.3 is 0 Å². The van der Waals surface area contributed by atoms with Gasteiger partial charge in [0.2, 0.25) is 0 Å². The predicted molar refractivity (Wildman–Crippen MR) is 68.7 cm³/mol. The van der Waals surface area contributed by atoms with Crippen LogP contribution >= 0.6 is 0 Å². The van der Waals surface area contributed by atoms with Gasteiger partial charge < -0.3 is 10.4 Å². The van der Waals surface area contributed by atoms with Crippen LogP contribution < -0.4 is 5.32 Å². The molecular weight excluding hydrogens is 233 g/mol. The third kappa shape index (κ3) is 2.86. The van der Waals surface area contributed by atoms with Crippen LogP contribution in [0.4, 0.5) is 4.39 Å². The summed E-state index contributed by atoms with van der Waals surface area (Å²) in [7, 11) is 0. The molecule has 1 aromatic carbocycles. The highest BCUT2D eigenvalue weighted by atomic mass is 19.1. The van der Waals surface area contributed by atoms with Crippen molar-refractivity contribution in [1.29, 1.82) is 0 Å². The molecule has 0 fully saturated rings. The predicted octanol–water partition coefficient (Wildman–Crippen LogP) is 1.98. The van der Waals surface area contributed by atoms with Crippen molar-refractivity contribution in [3.05, 3.63) is 29.7 Å². The largest absolute Gasteiger partial charge is 0.387 e.